The van der Waals surface area contributed by atoms with Crippen LogP contribution in [0.1, 0.15) is 18.1 Å². The van der Waals surface area contributed by atoms with E-state index >= 15 is 0 Å². The average Bonchev–Trinajstić information content (AvgIpc) is 3.25. The Morgan fingerprint density at radius 2 is 1.29 bits per heavy atom. The van der Waals surface area contributed by atoms with Gasteiger partial charge in [-0.15, -0.1) is 0 Å². The van der Waals surface area contributed by atoms with Crippen molar-refractivity contribution in [2.45, 2.75) is 25.3 Å². The third-order valence-corrected chi connectivity index (χ3v) is 8.42. The minimum Gasteiger partial charge on any atom is -0.308 e. The van der Waals surface area contributed by atoms with Gasteiger partial charge in [0, 0.05) is 30.7 Å². The van der Waals surface area contributed by atoms with Gasteiger partial charge in [0.15, 0.2) is 0 Å². The predicted octanol–water partition coefficient (Wildman–Crippen LogP) is 5.77. The first kappa shape index (κ1) is 27.9. The van der Waals surface area contributed by atoms with E-state index in [0.29, 0.717) is 10.6 Å². The molecule has 2 aromatic carbocycles. The molecule has 0 amide bonds. The number of halogens is 6. The molecule has 0 bridgehead atoms. The van der Waals surface area contributed by atoms with E-state index in [1.807, 2.05) is 52.2 Å². The van der Waals surface area contributed by atoms with Crippen LogP contribution in [0.2, 0.25) is 0 Å². The van der Waals surface area contributed by atoms with Crippen molar-refractivity contribution in [3.8, 4) is 0 Å². The van der Waals surface area contributed by atoms with Crippen LogP contribution in [-0.2, 0) is 12.4 Å². The van der Waals surface area contributed by atoms with E-state index in [9.17, 15) is 26.3 Å². The molecule has 0 unspecified atom stereocenters. The quantitative estimate of drug-likeness (QED) is 0.327. The number of nitrogens with zero attached hydrogens (tertiary/aromatic N) is 2. The maximum absolute atomic E-state index is 13.5. The molecule has 9 heteroatoms. The van der Waals surface area contributed by atoms with Gasteiger partial charge in [-0.25, -0.2) is 0 Å². The summed E-state index contributed by atoms with van der Waals surface area (Å²) in [6.45, 7) is 3.57. The van der Waals surface area contributed by atoms with Crippen molar-refractivity contribution in [2.75, 3.05) is 34.2 Å². The number of alkyl halides is 6. The Kier molecular flexibility index (Phi) is 8.93. The van der Waals surface area contributed by atoms with E-state index in [4.69, 9.17) is 0 Å². The van der Waals surface area contributed by atoms with E-state index < -0.39 is 31.4 Å². The molecule has 3 rings (SSSR count). The number of benzene rings is 2. The summed E-state index contributed by atoms with van der Waals surface area (Å²) in [4.78, 5) is 4.18. The van der Waals surface area contributed by atoms with Crippen LogP contribution in [0.3, 0.4) is 0 Å². The van der Waals surface area contributed by atoms with Crippen molar-refractivity contribution in [1.29, 1.82) is 0 Å². The van der Waals surface area contributed by atoms with Crippen LogP contribution in [0.15, 0.2) is 48.5 Å². The lowest BCUT2D eigenvalue weighted by molar-refractivity contribution is -0.138. The highest BCUT2D eigenvalue weighted by Gasteiger charge is 2.42. The molecular weight excluding hydrogens is 485 g/mol. The van der Waals surface area contributed by atoms with Crippen LogP contribution in [0.5, 0.6) is 0 Å². The second-order valence-electron chi connectivity index (χ2n) is 8.76. The molecule has 0 saturated heterocycles. The largest absolute Gasteiger partial charge is 0.416 e. The van der Waals surface area contributed by atoms with Crippen LogP contribution in [0.25, 0.3) is 0 Å². The van der Waals surface area contributed by atoms with E-state index in [1.165, 1.54) is 12.1 Å². The van der Waals surface area contributed by atoms with Gasteiger partial charge < -0.3 is 9.80 Å². The lowest BCUT2D eigenvalue weighted by atomic mass is 9.98. The van der Waals surface area contributed by atoms with Crippen molar-refractivity contribution >= 4 is 18.5 Å². The van der Waals surface area contributed by atoms with Crippen LogP contribution in [-0.4, -0.2) is 50.1 Å². The first-order chi connectivity index (χ1) is 16.3. The number of hydrogen-bond acceptors (Lipinski definition) is 2. The first-order valence-corrected chi connectivity index (χ1v) is 12.4. The highest BCUT2D eigenvalue weighted by atomic mass is 31.1. The van der Waals surface area contributed by atoms with E-state index in [1.54, 1.807) is 12.1 Å². The van der Waals surface area contributed by atoms with Gasteiger partial charge in [0.25, 0.3) is 0 Å². The molecular formula is C26H28F6N2P. The molecule has 1 fully saturated rings. The van der Waals surface area contributed by atoms with Crippen molar-refractivity contribution in [1.82, 2.24) is 9.80 Å². The molecule has 0 N–H and O–H groups in total. The number of rotatable bonds is 8. The van der Waals surface area contributed by atoms with Gasteiger partial charge >= 0.3 is 12.4 Å². The molecule has 1 aliphatic rings. The zero-order valence-electron chi connectivity index (χ0n) is 20.0. The Bertz CT molecular complexity index is 917. The van der Waals surface area contributed by atoms with E-state index in [2.05, 4.69) is 4.90 Å². The maximum Gasteiger partial charge on any atom is 0.416 e. The smallest absolute Gasteiger partial charge is 0.308 e. The summed E-state index contributed by atoms with van der Waals surface area (Å²) in [6.07, 6.45) is -3.57. The summed E-state index contributed by atoms with van der Waals surface area (Å²) >= 11 is 0. The second-order valence-corrected chi connectivity index (χ2v) is 10.9. The molecule has 1 atom stereocenters. The van der Waals surface area contributed by atoms with Gasteiger partial charge in [0.05, 0.1) is 11.1 Å². The van der Waals surface area contributed by atoms with Crippen LogP contribution >= 0.6 is 7.92 Å². The third kappa shape index (κ3) is 6.99. The fraction of sp³-hybridized carbons (Fsp3) is 0.346. The summed E-state index contributed by atoms with van der Waals surface area (Å²) in [5.41, 5.74) is -0.889. The van der Waals surface area contributed by atoms with Crippen molar-refractivity contribution < 1.29 is 26.3 Å². The van der Waals surface area contributed by atoms with Gasteiger partial charge in [0.1, 0.15) is 0 Å². The summed E-state index contributed by atoms with van der Waals surface area (Å²) in [5, 5.41) is 0.703. The zero-order chi connectivity index (χ0) is 26.0. The van der Waals surface area contributed by atoms with Crippen LogP contribution in [0, 0.1) is 30.8 Å². The molecule has 2 aromatic rings. The standard InChI is InChI=1S/C26H28F6N2P/c1-18(34(4)15-14-33(2)3)23-12-7-13-24(23)35(21-10-5-8-19(16-21)25(27,28)29)22-11-6-9-20(17-22)26(30,31)32/h5-13,16-18H,14-15H2,1-4H3/t18-/m1/s1. The Hall–Kier alpha value is -1.63. The van der Waals surface area contributed by atoms with Gasteiger partial charge in [-0.05, 0) is 90.1 Å². The third-order valence-electron chi connectivity index (χ3n) is 5.94. The summed E-state index contributed by atoms with van der Waals surface area (Å²) < 4.78 is 81.0. The Morgan fingerprint density at radius 1 is 0.771 bits per heavy atom. The fourth-order valence-electron chi connectivity index (χ4n) is 3.84. The normalized spacial score (nSPS) is 17.2. The lowest BCUT2D eigenvalue weighted by Crippen LogP contribution is -2.40. The molecule has 2 nitrogen and oxygen atoms in total. The minimum atomic E-state index is -4.56. The van der Waals surface area contributed by atoms with Gasteiger partial charge in [-0.3, -0.25) is 0 Å². The molecule has 0 aliphatic heterocycles. The SMILES string of the molecule is C[C@H]([C]1[CH][CH][CH][C]1P(c1cccc(C(F)(F)F)c1)c1cccc(C(F)(F)F)c1)N(C)CCN(C)C. The lowest BCUT2D eigenvalue weighted by Gasteiger charge is -2.36. The molecule has 0 spiro atoms. The minimum absolute atomic E-state index is 0.0819. The molecule has 0 heterocycles. The number of likely N-dealkylation sites (N-methyl/N-ethyl adjacent to an activating group) is 2. The van der Waals surface area contributed by atoms with Crippen molar-refractivity contribution in [3.63, 3.8) is 0 Å². The number of hydrogen-bond donors (Lipinski definition) is 0. The summed E-state index contributed by atoms with van der Waals surface area (Å²) in [7, 11) is 4.22. The highest BCUT2D eigenvalue weighted by Crippen LogP contribution is 2.57. The fourth-order valence-corrected chi connectivity index (χ4v) is 6.46. The second kappa shape index (κ2) is 11.2. The van der Waals surface area contributed by atoms with Crippen LogP contribution in [0.4, 0.5) is 26.3 Å². The molecule has 5 radical (unpaired) electrons. The Labute approximate surface area is 205 Å². The topological polar surface area (TPSA) is 6.48 Å². The molecule has 0 aromatic heterocycles. The highest BCUT2D eigenvalue weighted by molar-refractivity contribution is 7.76. The molecule has 189 valence electrons. The van der Waals surface area contributed by atoms with Crippen molar-refractivity contribution in [2.24, 2.45) is 0 Å². The Balaban J connectivity index is 2.05. The van der Waals surface area contributed by atoms with Crippen LogP contribution < -0.4 is 10.6 Å². The Morgan fingerprint density at radius 3 is 1.74 bits per heavy atom. The van der Waals surface area contributed by atoms with Gasteiger partial charge in [-0.2, -0.15) is 26.3 Å². The van der Waals surface area contributed by atoms with E-state index in [-0.39, 0.29) is 6.04 Å². The molecule has 35 heavy (non-hydrogen) atoms. The predicted molar refractivity (Wildman–Crippen MR) is 129 cm³/mol. The van der Waals surface area contributed by atoms with Gasteiger partial charge in [0.2, 0.25) is 0 Å². The molecule has 1 saturated carbocycles. The van der Waals surface area contributed by atoms with E-state index in [0.717, 1.165) is 48.9 Å². The first-order valence-electron chi connectivity index (χ1n) is 11.0. The van der Waals surface area contributed by atoms with Gasteiger partial charge in [-0.1, -0.05) is 24.3 Å². The molecule has 1 aliphatic carbocycles. The zero-order valence-corrected chi connectivity index (χ0v) is 20.8. The maximum atomic E-state index is 13.5. The summed E-state index contributed by atoms with van der Waals surface area (Å²) in [6, 6.07) is 9.76. The summed E-state index contributed by atoms with van der Waals surface area (Å²) in [5.74, 6) is 0.896. The average molecular weight is 513 g/mol. The van der Waals surface area contributed by atoms with Crippen molar-refractivity contribution in [3.05, 3.63) is 90.5 Å². The monoisotopic (exact) mass is 513 g/mol.